The third-order valence-corrected chi connectivity index (χ3v) is 4.56. The van der Waals surface area contributed by atoms with E-state index in [9.17, 15) is 5.11 Å². The Balaban J connectivity index is 1.65. The van der Waals surface area contributed by atoms with Gasteiger partial charge in [0.05, 0.1) is 11.8 Å². The van der Waals surface area contributed by atoms with Gasteiger partial charge in [0.15, 0.2) is 0 Å². The Morgan fingerprint density at radius 3 is 2.71 bits per heavy atom. The van der Waals surface area contributed by atoms with E-state index < -0.39 is 0 Å². The second-order valence-corrected chi connectivity index (χ2v) is 5.98. The summed E-state index contributed by atoms with van der Waals surface area (Å²) in [6.45, 7) is 5.09. The summed E-state index contributed by atoms with van der Waals surface area (Å²) in [4.78, 5) is 0. The number of benzene rings is 1. The molecule has 112 valence electrons. The molecule has 1 heterocycles. The minimum absolute atomic E-state index is 0.262. The van der Waals surface area contributed by atoms with Gasteiger partial charge >= 0.3 is 0 Å². The summed E-state index contributed by atoms with van der Waals surface area (Å²) in [5.74, 6) is 0.933. The zero-order valence-corrected chi connectivity index (χ0v) is 12.9. The fraction of sp³-hybridized carbons (Fsp3) is 0.500. The number of aryl methyl sites for hydroxylation is 2. The minimum atomic E-state index is -0.262. The van der Waals surface area contributed by atoms with Crippen LogP contribution in [0.2, 0.25) is 0 Å². The summed E-state index contributed by atoms with van der Waals surface area (Å²) < 4.78 is 2.03. The van der Waals surface area contributed by atoms with E-state index in [1.54, 1.807) is 0 Å². The van der Waals surface area contributed by atoms with E-state index in [0.29, 0.717) is 11.8 Å². The molecule has 0 bridgehead atoms. The molecule has 0 radical (unpaired) electrons. The van der Waals surface area contributed by atoms with E-state index in [0.717, 1.165) is 31.5 Å². The molecule has 2 aromatic rings. The van der Waals surface area contributed by atoms with Crippen molar-refractivity contribution in [3.8, 4) is 0 Å². The van der Waals surface area contributed by atoms with Crippen molar-refractivity contribution in [3.05, 3.63) is 53.3 Å². The highest BCUT2D eigenvalue weighted by Gasteiger charge is 2.43. The molecule has 3 nitrogen and oxygen atoms in total. The maximum Gasteiger partial charge on any atom is 0.0629 e. The summed E-state index contributed by atoms with van der Waals surface area (Å²) >= 11 is 0. The smallest absolute Gasteiger partial charge is 0.0629 e. The maximum absolute atomic E-state index is 10.5. The quantitative estimate of drug-likeness (QED) is 0.884. The predicted molar refractivity (Wildman–Crippen MR) is 84.3 cm³/mol. The van der Waals surface area contributed by atoms with E-state index in [-0.39, 0.29) is 6.10 Å². The first kappa shape index (κ1) is 14.3. The lowest BCUT2D eigenvalue weighted by atomic mass is 10.0. The Morgan fingerprint density at radius 1 is 1.29 bits per heavy atom. The van der Waals surface area contributed by atoms with Crippen LogP contribution in [0.25, 0.3) is 0 Å². The summed E-state index contributed by atoms with van der Waals surface area (Å²) in [6.07, 6.45) is 2.51. The van der Waals surface area contributed by atoms with Crippen molar-refractivity contribution in [2.75, 3.05) is 0 Å². The van der Waals surface area contributed by atoms with Gasteiger partial charge in [0.2, 0.25) is 0 Å². The van der Waals surface area contributed by atoms with Crippen LogP contribution < -0.4 is 0 Å². The molecule has 3 atom stereocenters. The molecule has 3 heteroatoms. The van der Waals surface area contributed by atoms with Crippen molar-refractivity contribution in [3.63, 3.8) is 0 Å². The number of hydrogen-bond donors (Lipinski definition) is 1. The number of hydrogen-bond acceptors (Lipinski definition) is 2. The first-order valence-corrected chi connectivity index (χ1v) is 8.01. The molecule has 1 saturated carbocycles. The van der Waals surface area contributed by atoms with Crippen molar-refractivity contribution in [2.24, 2.45) is 5.92 Å². The zero-order chi connectivity index (χ0) is 14.8. The largest absolute Gasteiger partial charge is 0.392 e. The Hall–Kier alpha value is -1.61. The SMILES string of the molecule is CCc1cc(CC(O)C2CC2c2ccccc2)n(CC)n1. The molecular formula is C18H24N2O. The molecule has 3 unspecified atom stereocenters. The first-order valence-electron chi connectivity index (χ1n) is 8.01. The minimum Gasteiger partial charge on any atom is -0.392 e. The molecule has 1 fully saturated rings. The number of aliphatic hydroxyl groups is 1. The van der Waals surface area contributed by atoms with Crippen LogP contribution in [0.15, 0.2) is 36.4 Å². The monoisotopic (exact) mass is 284 g/mol. The Labute approximate surface area is 126 Å². The molecule has 0 spiro atoms. The van der Waals surface area contributed by atoms with Crippen LogP contribution in [0.5, 0.6) is 0 Å². The highest BCUT2D eigenvalue weighted by molar-refractivity contribution is 5.26. The number of rotatable bonds is 6. The van der Waals surface area contributed by atoms with Crippen LogP contribution in [0, 0.1) is 5.92 Å². The lowest BCUT2D eigenvalue weighted by Crippen LogP contribution is -2.17. The maximum atomic E-state index is 10.5. The van der Waals surface area contributed by atoms with Gasteiger partial charge in [-0.3, -0.25) is 4.68 Å². The van der Waals surface area contributed by atoms with E-state index in [1.807, 2.05) is 10.7 Å². The Morgan fingerprint density at radius 2 is 2.05 bits per heavy atom. The number of aliphatic hydroxyl groups excluding tert-OH is 1. The van der Waals surface area contributed by atoms with E-state index in [2.05, 4.69) is 49.3 Å². The van der Waals surface area contributed by atoms with Crippen molar-refractivity contribution in [2.45, 2.75) is 51.7 Å². The second-order valence-electron chi connectivity index (χ2n) is 5.98. The molecule has 1 aliphatic carbocycles. The fourth-order valence-corrected chi connectivity index (χ4v) is 3.21. The Kier molecular flexibility index (Phi) is 4.11. The Bertz CT molecular complexity index is 591. The average molecular weight is 284 g/mol. The molecule has 1 aromatic carbocycles. The fourth-order valence-electron chi connectivity index (χ4n) is 3.21. The standard InChI is InChI=1S/C18H24N2O/c1-3-14-10-15(20(4-2)19-14)11-18(21)17-12-16(17)13-8-6-5-7-9-13/h5-10,16-18,21H,3-4,11-12H2,1-2H3. The van der Waals surface area contributed by atoms with Crippen molar-refractivity contribution >= 4 is 0 Å². The van der Waals surface area contributed by atoms with E-state index in [1.165, 1.54) is 11.3 Å². The van der Waals surface area contributed by atoms with Crippen molar-refractivity contribution in [1.82, 2.24) is 9.78 Å². The van der Waals surface area contributed by atoms with Crippen molar-refractivity contribution < 1.29 is 5.11 Å². The highest BCUT2D eigenvalue weighted by Crippen LogP contribution is 2.50. The van der Waals surface area contributed by atoms with Crippen LogP contribution in [0.1, 0.15) is 43.1 Å². The molecule has 0 aliphatic heterocycles. The van der Waals surface area contributed by atoms with Crippen LogP contribution in [-0.2, 0) is 19.4 Å². The lowest BCUT2D eigenvalue weighted by Gasteiger charge is -2.11. The van der Waals surface area contributed by atoms with Gasteiger partial charge in [0, 0.05) is 18.7 Å². The third-order valence-electron chi connectivity index (χ3n) is 4.56. The first-order chi connectivity index (χ1) is 10.2. The topological polar surface area (TPSA) is 38.0 Å². The molecular weight excluding hydrogens is 260 g/mol. The van der Waals surface area contributed by atoms with Gasteiger partial charge in [-0.25, -0.2) is 0 Å². The zero-order valence-electron chi connectivity index (χ0n) is 12.9. The van der Waals surface area contributed by atoms with Crippen LogP contribution >= 0.6 is 0 Å². The molecule has 21 heavy (non-hydrogen) atoms. The molecule has 1 aliphatic rings. The van der Waals surface area contributed by atoms with E-state index in [4.69, 9.17) is 0 Å². The van der Waals surface area contributed by atoms with Gasteiger partial charge in [-0.2, -0.15) is 5.10 Å². The van der Waals surface area contributed by atoms with Crippen LogP contribution in [0.3, 0.4) is 0 Å². The van der Waals surface area contributed by atoms with Gasteiger partial charge in [-0.1, -0.05) is 37.3 Å². The van der Waals surface area contributed by atoms with Crippen molar-refractivity contribution in [1.29, 1.82) is 0 Å². The van der Waals surface area contributed by atoms with Crippen LogP contribution in [-0.4, -0.2) is 21.0 Å². The summed E-state index contributed by atoms with van der Waals surface area (Å²) in [5, 5.41) is 15.1. The molecule has 3 rings (SSSR count). The lowest BCUT2D eigenvalue weighted by molar-refractivity contribution is 0.146. The van der Waals surface area contributed by atoms with Crippen LogP contribution in [0.4, 0.5) is 0 Å². The van der Waals surface area contributed by atoms with Gasteiger partial charge in [0.25, 0.3) is 0 Å². The van der Waals surface area contributed by atoms with E-state index >= 15 is 0 Å². The van der Waals surface area contributed by atoms with Gasteiger partial charge in [-0.05, 0) is 43.2 Å². The third kappa shape index (κ3) is 3.03. The average Bonchev–Trinajstić information content (AvgIpc) is 3.23. The molecule has 0 amide bonds. The van der Waals surface area contributed by atoms with Gasteiger partial charge in [0.1, 0.15) is 0 Å². The molecule has 0 saturated heterocycles. The number of nitrogens with zero attached hydrogens (tertiary/aromatic N) is 2. The number of aromatic nitrogens is 2. The van der Waals surface area contributed by atoms with Gasteiger partial charge in [-0.15, -0.1) is 0 Å². The summed E-state index contributed by atoms with van der Waals surface area (Å²) in [5.41, 5.74) is 3.65. The molecule has 1 N–H and O–H groups in total. The normalized spacial score (nSPS) is 22.2. The van der Waals surface area contributed by atoms with Gasteiger partial charge < -0.3 is 5.11 Å². The highest BCUT2D eigenvalue weighted by atomic mass is 16.3. The second kappa shape index (κ2) is 6.02. The molecule has 1 aromatic heterocycles. The summed E-state index contributed by atoms with van der Waals surface area (Å²) in [7, 11) is 0. The summed E-state index contributed by atoms with van der Waals surface area (Å²) in [6, 6.07) is 12.7. The predicted octanol–water partition coefficient (Wildman–Crippen LogP) is 3.17.